The minimum atomic E-state index is 0.813. The molecule has 20 heavy (non-hydrogen) atoms. The van der Waals surface area contributed by atoms with Gasteiger partial charge in [0.05, 0.1) is 18.2 Å². The topological polar surface area (TPSA) is 69.4 Å². The molecule has 0 saturated heterocycles. The smallest absolute Gasteiger partial charge is 0.200 e. The predicted molar refractivity (Wildman–Crippen MR) is 79.4 cm³/mol. The quantitative estimate of drug-likeness (QED) is 0.601. The molecular formula is C15H17N5. The highest BCUT2D eigenvalue weighted by molar-refractivity contribution is 5.59. The van der Waals surface area contributed by atoms with E-state index in [1.165, 1.54) is 0 Å². The molecular weight excluding hydrogens is 250 g/mol. The number of rotatable bonds is 6. The van der Waals surface area contributed by atoms with Gasteiger partial charge in [0.25, 0.3) is 0 Å². The standard InChI is InChI=1S/C15H17N5/c1-2-5-12(6-3-1)14-10-18-15(20-14)17-8-4-7-13-9-16-11-19-13/h1-3,5-6,9-11H,4,7-8H2,(H,16,19)(H2,17,18,20). The number of aryl methyl sites for hydroxylation is 1. The van der Waals surface area contributed by atoms with Crippen LogP contribution in [-0.4, -0.2) is 26.5 Å². The van der Waals surface area contributed by atoms with Crippen molar-refractivity contribution in [1.29, 1.82) is 0 Å². The highest BCUT2D eigenvalue weighted by Gasteiger charge is 2.02. The lowest BCUT2D eigenvalue weighted by molar-refractivity contribution is 0.836. The second kappa shape index (κ2) is 6.06. The Kier molecular flexibility index (Phi) is 3.78. The molecule has 5 heteroatoms. The summed E-state index contributed by atoms with van der Waals surface area (Å²) in [6.45, 7) is 0.876. The number of anilines is 1. The van der Waals surface area contributed by atoms with E-state index in [1.54, 1.807) is 6.33 Å². The van der Waals surface area contributed by atoms with Crippen LogP contribution in [0.3, 0.4) is 0 Å². The number of imidazole rings is 2. The molecule has 0 amide bonds. The summed E-state index contributed by atoms with van der Waals surface area (Å²) in [6.07, 6.45) is 7.44. The molecule has 0 aliphatic carbocycles. The maximum Gasteiger partial charge on any atom is 0.200 e. The molecule has 102 valence electrons. The molecule has 1 aromatic carbocycles. The zero-order chi connectivity index (χ0) is 13.6. The normalized spacial score (nSPS) is 10.6. The minimum Gasteiger partial charge on any atom is -0.356 e. The highest BCUT2D eigenvalue weighted by Crippen LogP contribution is 2.17. The lowest BCUT2D eigenvalue weighted by Gasteiger charge is -2.02. The van der Waals surface area contributed by atoms with Gasteiger partial charge in [-0.1, -0.05) is 30.3 Å². The molecule has 0 unspecified atom stereocenters. The van der Waals surface area contributed by atoms with E-state index in [4.69, 9.17) is 0 Å². The molecule has 2 aromatic heterocycles. The first kappa shape index (κ1) is 12.5. The van der Waals surface area contributed by atoms with Gasteiger partial charge in [0.15, 0.2) is 0 Å². The number of hydrogen-bond acceptors (Lipinski definition) is 3. The van der Waals surface area contributed by atoms with Gasteiger partial charge in [0.2, 0.25) is 5.95 Å². The number of aromatic nitrogens is 4. The first-order chi connectivity index (χ1) is 9.92. The number of nitrogens with one attached hydrogen (secondary N) is 3. The van der Waals surface area contributed by atoms with E-state index in [2.05, 4.69) is 37.4 Å². The molecule has 0 fully saturated rings. The van der Waals surface area contributed by atoms with E-state index in [1.807, 2.05) is 30.6 Å². The predicted octanol–water partition coefficient (Wildman–Crippen LogP) is 2.84. The second-order valence-electron chi connectivity index (χ2n) is 4.62. The number of hydrogen-bond donors (Lipinski definition) is 3. The molecule has 0 atom stereocenters. The zero-order valence-electron chi connectivity index (χ0n) is 11.1. The molecule has 0 aliphatic heterocycles. The van der Waals surface area contributed by atoms with Gasteiger partial charge >= 0.3 is 0 Å². The van der Waals surface area contributed by atoms with Crippen LogP contribution in [0.5, 0.6) is 0 Å². The van der Waals surface area contributed by atoms with E-state index in [9.17, 15) is 0 Å². The van der Waals surface area contributed by atoms with Gasteiger partial charge in [-0.25, -0.2) is 9.97 Å². The van der Waals surface area contributed by atoms with Crippen LogP contribution in [0.15, 0.2) is 49.1 Å². The summed E-state index contributed by atoms with van der Waals surface area (Å²) < 4.78 is 0. The van der Waals surface area contributed by atoms with Crippen LogP contribution >= 0.6 is 0 Å². The van der Waals surface area contributed by atoms with E-state index >= 15 is 0 Å². The van der Waals surface area contributed by atoms with Crippen molar-refractivity contribution in [2.45, 2.75) is 12.8 Å². The SMILES string of the molecule is c1ccc(-c2cnc(NCCCc3cnc[nH]3)[nH]2)cc1. The van der Waals surface area contributed by atoms with Gasteiger partial charge in [-0.2, -0.15) is 0 Å². The fourth-order valence-corrected chi connectivity index (χ4v) is 2.08. The van der Waals surface area contributed by atoms with Crippen molar-refractivity contribution in [1.82, 2.24) is 19.9 Å². The van der Waals surface area contributed by atoms with Gasteiger partial charge in [-0.05, 0) is 18.4 Å². The average Bonchev–Trinajstić information content (AvgIpc) is 3.16. The van der Waals surface area contributed by atoms with Gasteiger partial charge in [-0.15, -0.1) is 0 Å². The molecule has 3 N–H and O–H groups in total. The number of aromatic amines is 2. The Morgan fingerprint density at radius 2 is 2.00 bits per heavy atom. The van der Waals surface area contributed by atoms with Crippen molar-refractivity contribution in [2.75, 3.05) is 11.9 Å². The summed E-state index contributed by atoms with van der Waals surface area (Å²) in [4.78, 5) is 14.7. The van der Waals surface area contributed by atoms with Crippen molar-refractivity contribution in [3.05, 3.63) is 54.7 Å². The summed E-state index contributed by atoms with van der Waals surface area (Å²) in [5.41, 5.74) is 3.34. The minimum absolute atomic E-state index is 0.813. The summed E-state index contributed by atoms with van der Waals surface area (Å²) in [5.74, 6) is 0.813. The van der Waals surface area contributed by atoms with E-state index in [0.29, 0.717) is 0 Å². The lowest BCUT2D eigenvalue weighted by atomic mass is 10.2. The Morgan fingerprint density at radius 3 is 2.80 bits per heavy atom. The Hall–Kier alpha value is -2.56. The molecule has 0 spiro atoms. The number of H-pyrrole nitrogens is 2. The maximum absolute atomic E-state index is 4.34. The second-order valence-corrected chi connectivity index (χ2v) is 4.62. The Labute approximate surface area is 117 Å². The van der Waals surface area contributed by atoms with Crippen molar-refractivity contribution in [2.24, 2.45) is 0 Å². The van der Waals surface area contributed by atoms with Crippen LogP contribution in [0.1, 0.15) is 12.1 Å². The largest absolute Gasteiger partial charge is 0.356 e. The molecule has 3 rings (SSSR count). The first-order valence-corrected chi connectivity index (χ1v) is 6.73. The summed E-state index contributed by atoms with van der Waals surface area (Å²) in [7, 11) is 0. The Morgan fingerprint density at radius 1 is 1.10 bits per heavy atom. The lowest BCUT2D eigenvalue weighted by Crippen LogP contribution is -2.04. The monoisotopic (exact) mass is 267 g/mol. The molecule has 0 saturated carbocycles. The van der Waals surface area contributed by atoms with E-state index in [0.717, 1.165) is 42.3 Å². The Bertz CT molecular complexity index is 627. The van der Waals surface area contributed by atoms with Crippen LogP contribution in [0.25, 0.3) is 11.3 Å². The number of nitrogens with zero attached hydrogens (tertiary/aromatic N) is 2. The maximum atomic E-state index is 4.34. The van der Waals surface area contributed by atoms with Crippen molar-refractivity contribution >= 4 is 5.95 Å². The molecule has 3 aromatic rings. The van der Waals surface area contributed by atoms with Gasteiger partial charge in [0.1, 0.15) is 0 Å². The first-order valence-electron chi connectivity index (χ1n) is 6.73. The third-order valence-corrected chi connectivity index (χ3v) is 3.13. The number of benzene rings is 1. The average molecular weight is 267 g/mol. The van der Waals surface area contributed by atoms with Gasteiger partial charge in [0, 0.05) is 18.4 Å². The van der Waals surface area contributed by atoms with Crippen molar-refractivity contribution < 1.29 is 0 Å². The molecule has 0 aliphatic rings. The van der Waals surface area contributed by atoms with E-state index < -0.39 is 0 Å². The summed E-state index contributed by atoms with van der Waals surface area (Å²) in [5, 5.41) is 3.30. The summed E-state index contributed by atoms with van der Waals surface area (Å²) >= 11 is 0. The molecule has 0 bridgehead atoms. The fraction of sp³-hybridized carbons (Fsp3) is 0.200. The molecule has 5 nitrogen and oxygen atoms in total. The summed E-state index contributed by atoms with van der Waals surface area (Å²) in [6, 6.07) is 10.2. The third kappa shape index (κ3) is 3.06. The molecule has 0 radical (unpaired) electrons. The highest BCUT2D eigenvalue weighted by atomic mass is 15.1. The van der Waals surface area contributed by atoms with Crippen LogP contribution in [-0.2, 0) is 6.42 Å². The van der Waals surface area contributed by atoms with Crippen LogP contribution in [0, 0.1) is 0 Å². The zero-order valence-corrected chi connectivity index (χ0v) is 11.1. The van der Waals surface area contributed by atoms with E-state index in [-0.39, 0.29) is 0 Å². The molecule has 2 heterocycles. The van der Waals surface area contributed by atoms with Crippen LogP contribution in [0.2, 0.25) is 0 Å². The third-order valence-electron chi connectivity index (χ3n) is 3.13. The van der Waals surface area contributed by atoms with Crippen LogP contribution in [0.4, 0.5) is 5.95 Å². The van der Waals surface area contributed by atoms with Gasteiger partial charge in [-0.3, -0.25) is 0 Å². The van der Waals surface area contributed by atoms with Crippen LogP contribution < -0.4 is 5.32 Å². The Balaban J connectivity index is 1.50. The van der Waals surface area contributed by atoms with Crippen molar-refractivity contribution in [3.8, 4) is 11.3 Å². The van der Waals surface area contributed by atoms with Gasteiger partial charge < -0.3 is 15.3 Å². The van der Waals surface area contributed by atoms with Crippen molar-refractivity contribution in [3.63, 3.8) is 0 Å². The fourth-order valence-electron chi connectivity index (χ4n) is 2.08.